The number of ether oxygens (including phenoxy) is 1. The van der Waals surface area contributed by atoms with E-state index in [1.807, 2.05) is 13.8 Å². The van der Waals surface area contributed by atoms with E-state index in [2.05, 4.69) is 0 Å². The Balaban J connectivity index is 2.19. The van der Waals surface area contributed by atoms with Crippen LogP contribution in [0.2, 0.25) is 0 Å². The van der Waals surface area contributed by atoms with E-state index in [1.54, 1.807) is 6.07 Å². The van der Waals surface area contributed by atoms with Crippen LogP contribution in [-0.4, -0.2) is 34.7 Å². The molecule has 2 amide bonds. The molecule has 18 heavy (non-hydrogen) atoms. The first-order valence-electron chi connectivity index (χ1n) is 5.73. The molecule has 0 spiro atoms. The third kappa shape index (κ3) is 2.11. The van der Waals surface area contributed by atoms with E-state index >= 15 is 0 Å². The monoisotopic (exact) mass is 253 g/mol. The fourth-order valence-corrected chi connectivity index (χ4v) is 1.88. The van der Waals surface area contributed by atoms with Crippen LogP contribution >= 0.6 is 0 Å². The van der Waals surface area contributed by atoms with E-state index in [4.69, 9.17) is 9.15 Å². The molecule has 6 heteroatoms. The van der Waals surface area contributed by atoms with E-state index in [0.717, 1.165) is 4.90 Å². The second kappa shape index (κ2) is 4.81. The first-order chi connectivity index (χ1) is 8.52. The molecule has 2 heterocycles. The Morgan fingerprint density at radius 3 is 2.83 bits per heavy atom. The summed E-state index contributed by atoms with van der Waals surface area (Å²) in [6.45, 7) is 3.92. The summed E-state index contributed by atoms with van der Waals surface area (Å²) in [5.74, 6) is -0.544. The average molecular weight is 253 g/mol. The van der Waals surface area contributed by atoms with Gasteiger partial charge < -0.3 is 14.3 Å². The highest BCUT2D eigenvalue weighted by atomic mass is 16.6. The minimum absolute atomic E-state index is 0.0594. The van der Waals surface area contributed by atoms with Crippen LogP contribution in [0, 0.1) is 5.92 Å². The van der Waals surface area contributed by atoms with Crippen molar-refractivity contribution in [2.24, 2.45) is 5.92 Å². The molecule has 1 aromatic rings. The standard InChI is InChI=1S/C12H15NO5/c1-7(2)8-6-18-12(16)13(8)11(15)10(14)9-4-3-5-17-9/h3-5,7-8,10,14H,6H2,1-2H3/t8-,10-/m1/s1. The van der Waals surface area contributed by atoms with Crippen LogP contribution < -0.4 is 0 Å². The van der Waals surface area contributed by atoms with E-state index in [0.29, 0.717) is 0 Å². The van der Waals surface area contributed by atoms with Crippen molar-refractivity contribution in [2.45, 2.75) is 26.0 Å². The molecule has 2 atom stereocenters. The Labute approximate surface area is 104 Å². The molecule has 1 aliphatic heterocycles. The van der Waals surface area contributed by atoms with Crippen LogP contribution in [0.3, 0.4) is 0 Å². The first kappa shape index (κ1) is 12.6. The first-order valence-corrected chi connectivity index (χ1v) is 5.73. The molecule has 1 saturated heterocycles. The molecule has 1 N–H and O–H groups in total. The summed E-state index contributed by atoms with van der Waals surface area (Å²) < 4.78 is 9.81. The van der Waals surface area contributed by atoms with Crippen molar-refractivity contribution >= 4 is 12.0 Å². The zero-order valence-electron chi connectivity index (χ0n) is 10.2. The maximum atomic E-state index is 12.1. The summed E-state index contributed by atoms with van der Waals surface area (Å²) in [4.78, 5) is 24.6. The summed E-state index contributed by atoms with van der Waals surface area (Å²) in [6, 6.07) is 2.69. The number of hydrogen-bond acceptors (Lipinski definition) is 5. The molecule has 6 nitrogen and oxygen atoms in total. The average Bonchev–Trinajstić information content (AvgIpc) is 2.95. The molecule has 0 unspecified atom stereocenters. The number of hydrogen-bond donors (Lipinski definition) is 1. The van der Waals surface area contributed by atoms with Gasteiger partial charge in [-0.05, 0) is 18.1 Å². The lowest BCUT2D eigenvalue weighted by Crippen LogP contribution is -2.44. The summed E-state index contributed by atoms with van der Waals surface area (Å²) in [5, 5.41) is 9.86. The van der Waals surface area contributed by atoms with Crippen LogP contribution in [0.1, 0.15) is 25.7 Å². The minimum atomic E-state index is -1.48. The predicted octanol–water partition coefficient (Wildman–Crippen LogP) is 1.32. The fourth-order valence-electron chi connectivity index (χ4n) is 1.88. The van der Waals surface area contributed by atoms with Crippen molar-refractivity contribution in [3.63, 3.8) is 0 Å². The predicted molar refractivity (Wildman–Crippen MR) is 60.5 cm³/mol. The summed E-state index contributed by atoms with van der Waals surface area (Å²) in [6.07, 6.45) is -0.843. The fraction of sp³-hybridized carbons (Fsp3) is 0.500. The summed E-state index contributed by atoms with van der Waals surface area (Å²) in [7, 11) is 0. The number of carbonyl (C=O) groups excluding carboxylic acids is 2. The zero-order chi connectivity index (χ0) is 13.3. The Morgan fingerprint density at radius 1 is 1.56 bits per heavy atom. The highest BCUT2D eigenvalue weighted by molar-refractivity contribution is 5.96. The normalized spacial score (nSPS) is 21.2. The summed E-state index contributed by atoms with van der Waals surface area (Å²) >= 11 is 0. The smallest absolute Gasteiger partial charge is 0.417 e. The van der Waals surface area contributed by atoms with Gasteiger partial charge in [0, 0.05) is 0 Å². The molecule has 0 aromatic carbocycles. The maximum Gasteiger partial charge on any atom is 0.417 e. The van der Waals surface area contributed by atoms with Crippen LogP contribution in [0.5, 0.6) is 0 Å². The number of cyclic esters (lactones) is 1. The van der Waals surface area contributed by atoms with Gasteiger partial charge in [-0.3, -0.25) is 4.79 Å². The third-order valence-electron chi connectivity index (χ3n) is 2.96. The van der Waals surface area contributed by atoms with Gasteiger partial charge in [0.2, 0.25) is 0 Å². The van der Waals surface area contributed by atoms with Crippen LogP contribution in [0.15, 0.2) is 22.8 Å². The van der Waals surface area contributed by atoms with Crippen molar-refractivity contribution in [2.75, 3.05) is 6.61 Å². The SMILES string of the molecule is CC(C)[C@H]1COC(=O)N1C(=O)[C@H](O)c1ccco1. The van der Waals surface area contributed by atoms with Gasteiger partial charge in [0.15, 0.2) is 6.10 Å². The van der Waals surface area contributed by atoms with E-state index in [-0.39, 0.29) is 24.3 Å². The number of aliphatic hydroxyl groups is 1. The molecule has 1 fully saturated rings. The van der Waals surface area contributed by atoms with Crippen molar-refractivity contribution in [1.29, 1.82) is 0 Å². The number of aliphatic hydroxyl groups excluding tert-OH is 1. The van der Waals surface area contributed by atoms with Gasteiger partial charge in [0.1, 0.15) is 12.4 Å². The van der Waals surface area contributed by atoms with Crippen molar-refractivity contribution in [3.05, 3.63) is 24.2 Å². The van der Waals surface area contributed by atoms with Gasteiger partial charge >= 0.3 is 6.09 Å². The Kier molecular flexibility index (Phi) is 3.38. The number of carbonyl (C=O) groups is 2. The highest BCUT2D eigenvalue weighted by Gasteiger charge is 2.42. The molecule has 0 saturated carbocycles. The molecule has 98 valence electrons. The molecule has 1 aromatic heterocycles. The second-order valence-electron chi connectivity index (χ2n) is 4.51. The third-order valence-corrected chi connectivity index (χ3v) is 2.96. The van der Waals surface area contributed by atoms with Gasteiger partial charge in [-0.2, -0.15) is 0 Å². The van der Waals surface area contributed by atoms with Crippen LogP contribution in [-0.2, 0) is 9.53 Å². The number of imide groups is 1. The van der Waals surface area contributed by atoms with E-state index < -0.39 is 18.1 Å². The van der Waals surface area contributed by atoms with Crippen molar-refractivity contribution in [1.82, 2.24) is 4.90 Å². The van der Waals surface area contributed by atoms with E-state index in [9.17, 15) is 14.7 Å². The Hall–Kier alpha value is -1.82. The molecule has 0 bridgehead atoms. The lowest BCUT2D eigenvalue weighted by molar-refractivity contribution is -0.139. The lowest BCUT2D eigenvalue weighted by atomic mass is 10.0. The minimum Gasteiger partial charge on any atom is -0.466 e. The Bertz CT molecular complexity index is 439. The second-order valence-corrected chi connectivity index (χ2v) is 4.51. The quantitative estimate of drug-likeness (QED) is 0.878. The molecule has 1 aliphatic rings. The number of amides is 2. The van der Waals surface area contributed by atoms with E-state index in [1.165, 1.54) is 12.3 Å². The highest BCUT2D eigenvalue weighted by Crippen LogP contribution is 2.24. The molecule has 0 radical (unpaired) electrons. The van der Waals surface area contributed by atoms with Gasteiger partial charge in [0.05, 0.1) is 12.3 Å². The Morgan fingerprint density at radius 2 is 2.28 bits per heavy atom. The van der Waals surface area contributed by atoms with Crippen LogP contribution in [0.4, 0.5) is 4.79 Å². The number of furan rings is 1. The van der Waals surface area contributed by atoms with Gasteiger partial charge in [-0.25, -0.2) is 9.69 Å². The molecule has 0 aliphatic carbocycles. The summed E-state index contributed by atoms with van der Waals surface area (Å²) in [5.41, 5.74) is 0. The van der Waals surface area contributed by atoms with Gasteiger partial charge in [-0.1, -0.05) is 13.8 Å². The largest absolute Gasteiger partial charge is 0.466 e. The van der Waals surface area contributed by atoms with Gasteiger partial charge in [-0.15, -0.1) is 0 Å². The van der Waals surface area contributed by atoms with Crippen LogP contribution in [0.25, 0.3) is 0 Å². The zero-order valence-corrected chi connectivity index (χ0v) is 10.2. The molecule has 2 rings (SSSR count). The van der Waals surface area contributed by atoms with Crippen molar-refractivity contribution < 1.29 is 23.8 Å². The topological polar surface area (TPSA) is 80.0 Å². The van der Waals surface area contributed by atoms with Crippen molar-refractivity contribution in [3.8, 4) is 0 Å². The number of nitrogens with zero attached hydrogens (tertiary/aromatic N) is 1. The molecular formula is C12H15NO5. The maximum absolute atomic E-state index is 12.1. The van der Waals surface area contributed by atoms with Gasteiger partial charge in [0.25, 0.3) is 5.91 Å². The lowest BCUT2D eigenvalue weighted by Gasteiger charge is -2.23. The molecular weight excluding hydrogens is 238 g/mol. The number of rotatable bonds is 3.